The number of para-hydroxylation sites is 1. The summed E-state index contributed by atoms with van der Waals surface area (Å²) in [7, 11) is 0. The molecule has 0 amide bonds. The van der Waals surface area contributed by atoms with Crippen LogP contribution >= 0.6 is 34.5 Å². The molecule has 3 heterocycles. The molecule has 1 N–H and O–H groups in total. The van der Waals surface area contributed by atoms with Gasteiger partial charge in [0.25, 0.3) is 0 Å². The summed E-state index contributed by atoms with van der Waals surface area (Å²) in [6.45, 7) is 0. The largest absolute Gasteiger partial charge is 0.285 e. The highest BCUT2D eigenvalue weighted by atomic mass is 35.5. The molecular weight excluding hydrogens is 593 g/mol. The van der Waals surface area contributed by atoms with Crippen molar-refractivity contribution >= 4 is 63.5 Å². The molecule has 0 bridgehead atoms. The maximum absolute atomic E-state index is 6.25. The number of hydrogen-bond acceptors (Lipinski definition) is 4. The van der Waals surface area contributed by atoms with Crippen LogP contribution in [0.15, 0.2) is 126 Å². The summed E-state index contributed by atoms with van der Waals surface area (Å²) in [6, 6.07) is 38.1. The number of nitrogens with zero attached hydrogens (tertiary/aromatic N) is 4. The third-order valence-electron chi connectivity index (χ3n) is 7.00. The Balaban J connectivity index is 1.41. The molecule has 7 rings (SSSR count). The highest BCUT2D eigenvalue weighted by molar-refractivity contribution is 7.07. The molecule has 7 aromatic rings. The summed E-state index contributed by atoms with van der Waals surface area (Å²) in [6.07, 6.45) is 3.99. The fourth-order valence-electron chi connectivity index (χ4n) is 4.93. The van der Waals surface area contributed by atoms with Crippen molar-refractivity contribution in [3.8, 4) is 28.1 Å². The summed E-state index contributed by atoms with van der Waals surface area (Å²) in [4.78, 5) is 10.8. The number of hydrogen-bond donors (Lipinski definition) is 1. The number of pyridine rings is 1. The molecule has 0 saturated carbocycles. The van der Waals surface area contributed by atoms with Gasteiger partial charge in [0.2, 0.25) is 0 Å². The van der Waals surface area contributed by atoms with E-state index in [1.807, 2.05) is 97.1 Å². The minimum Gasteiger partial charge on any atom is -0.285 e. The Morgan fingerprint density at radius 2 is 1.42 bits per heavy atom. The molecule has 3 aromatic heterocycles. The highest BCUT2D eigenvalue weighted by Gasteiger charge is 2.16. The lowest BCUT2D eigenvalue weighted by Crippen LogP contribution is -2.13. The van der Waals surface area contributed by atoms with Gasteiger partial charge in [0, 0.05) is 21.1 Å². The van der Waals surface area contributed by atoms with Crippen LogP contribution in [-0.2, 0) is 0 Å². The van der Waals surface area contributed by atoms with E-state index in [1.54, 1.807) is 11.3 Å². The molecule has 0 radical (unpaired) electrons. The second kappa shape index (κ2) is 11.9. The second-order valence-electron chi connectivity index (χ2n) is 9.81. The number of fused-ring (bicyclic) bond motifs is 1. The molecule has 4 aromatic carbocycles. The van der Waals surface area contributed by atoms with Crippen LogP contribution < -0.4 is 4.80 Å². The number of nitrogens with one attached hydrogen (secondary N) is 1. The van der Waals surface area contributed by atoms with Gasteiger partial charge in [0.15, 0.2) is 16.3 Å². The highest BCUT2D eigenvalue weighted by Crippen LogP contribution is 2.35. The van der Waals surface area contributed by atoms with Gasteiger partial charge in [-0.05, 0) is 70.8 Å². The minimum absolute atomic E-state index is 0.562. The summed E-state index contributed by atoms with van der Waals surface area (Å²) in [5, 5.41) is 12.1. The molecule has 0 aliphatic heterocycles. The van der Waals surface area contributed by atoms with Crippen molar-refractivity contribution in [1.29, 1.82) is 0 Å². The third kappa shape index (κ3) is 5.68. The second-order valence-corrected chi connectivity index (χ2v) is 11.5. The van der Waals surface area contributed by atoms with Crippen LogP contribution in [-0.4, -0.2) is 19.7 Å². The molecule has 0 saturated heterocycles. The number of H-pyrrole nitrogens is 1. The van der Waals surface area contributed by atoms with Crippen molar-refractivity contribution in [1.82, 2.24) is 19.7 Å². The van der Waals surface area contributed by atoms with E-state index in [0.717, 1.165) is 49.5 Å². The maximum atomic E-state index is 6.25. The molecule has 208 valence electrons. The van der Waals surface area contributed by atoms with E-state index in [1.165, 1.54) is 0 Å². The summed E-state index contributed by atoms with van der Waals surface area (Å²) in [5.41, 5.74) is 7.58. The van der Waals surface area contributed by atoms with Gasteiger partial charge >= 0.3 is 0 Å². The van der Waals surface area contributed by atoms with E-state index in [9.17, 15) is 0 Å². The summed E-state index contributed by atoms with van der Waals surface area (Å²) >= 11 is 13.9. The molecule has 0 unspecified atom stereocenters. The van der Waals surface area contributed by atoms with E-state index in [0.29, 0.717) is 21.5 Å². The average Bonchev–Trinajstić information content (AvgIpc) is 3.66. The van der Waals surface area contributed by atoms with Crippen molar-refractivity contribution in [3.05, 3.63) is 147 Å². The van der Waals surface area contributed by atoms with Crippen molar-refractivity contribution in [3.63, 3.8) is 0 Å². The first kappa shape index (κ1) is 27.1. The van der Waals surface area contributed by atoms with Crippen molar-refractivity contribution in [2.75, 3.05) is 0 Å². The lowest BCUT2D eigenvalue weighted by molar-refractivity contribution is 0.996. The predicted octanol–water partition coefficient (Wildman–Crippen LogP) is 9.85. The van der Waals surface area contributed by atoms with Gasteiger partial charge in [-0.25, -0.2) is 4.98 Å². The molecule has 43 heavy (non-hydrogen) atoms. The monoisotopic (exact) mass is 615 g/mol. The number of aromatic amines is 1. The Hall–Kier alpha value is -4.75. The van der Waals surface area contributed by atoms with Crippen molar-refractivity contribution in [2.45, 2.75) is 0 Å². The van der Waals surface area contributed by atoms with Crippen molar-refractivity contribution in [2.24, 2.45) is 4.99 Å². The molecular formula is C35H23Cl2N5S. The zero-order valence-corrected chi connectivity index (χ0v) is 25.0. The zero-order valence-electron chi connectivity index (χ0n) is 22.7. The fourth-order valence-corrected chi connectivity index (χ4v) is 6.09. The first-order chi connectivity index (χ1) is 21.1. The smallest absolute Gasteiger partial charge is 0.196 e. The Kier molecular flexibility index (Phi) is 7.47. The number of thiazole rings is 1. The SMILES string of the molecule is Clc1ccc(/C=C/c2cc(-c3ccc(Cl)cc3)c3c(N=c4scc(-c5ccccc5)n4-c4ccccc4)n[nH]c3n2)cc1. The quantitative estimate of drug-likeness (QED) is 0.202. The lowest BCUT2D eigenvalue weighted by Gasteiger charge is -2.09. The van der Waals surface area contributed by atoms with Gasteiger partial charge in [-0.3, -0.25) is 9.67 Å². The van der Waals surface area contributed by atoms with Gasteiger partial charge in [0.1, 0.15) is 0 Å². The Morgan fingerprint density at radius 3 is 2.14 bits per heavy atom. The maximum Gasteiger partial charge on any atom is 0.196 e. The first-order valence-electron chi connectivity index (χ1n) is 13.6. The molecule has 5 nitrogen and oxygen atoms in total. The topological polar surface area (TPSA) is 58.9 Å². The number of rotatable bonds is 6. The molecule has 8 heteroatoms. The van der Waals surface area contributed by atoms with Crippen LogP contribution in [0, 0.1) is 0 Å². The minimum atomic E-state index is 0.562. The normalized spacial score (nSPS) is 12.0. The Labute approximate surface area is 262 Å². The molecule has 0 spiro atoms. The summed E-state index contributed by atoms with van der Waals surface area (Å²) in [5.74, 6) is 0.562. The number of halogens is 2. The first-order valence-corrected chi connectivity index (χ1v) is 15.2. The van der Waals surface area contributed by atoms with Crippen LogP contribution in [0.4, 0.5) is 5.82 Å². The number of benzene rings is 4. The molecule has 0 atom stereocenters. The molecule has 0 aliphatic rings. The number of aromatic nitrogens is 4. The van der Waals surface area contributed by atoms with Crippen LogP contribution in [0.25, 0.3) is 51.3 Å². The molecule has 0 fully saturated rings. The third-order valence-corrected chi connectivity index (χ3v) is 8.33. The van der Waals surface area contributed by atoms with E-state index in [-0.39, 0.29) is 0 Å². The Morgan fingerprint density at radius 1 is 0.744 bits per heavy atom. The van der Waals surface area contributed by atoms with E-state index >= 15 is 0 Å². The van der Waals surface area contributed by atoms with Crippen LogP contribution in [0.2, 0.25) is 10.0 Å². The van der Waals surface area contributed by atoms with E-state index in [4.69, 9.17) is 33.2 Å². The van der Waals surface area contributed by atoms with Crippen LogP contribution in [0.3, 0.4) is 0 Å². The van der Waals surface area contributed by atoms with Gasteiger partial charge in [0.05, 0.1) is 16.8 Å². The lowest BCUT2D eigenvalue weighted by atomic mass is 10.0. The van der Waals surface area contributed by atoms with Crippen LogP contribution in [0.5, 0.6) is 0 Å². The van der Waals surface area contributed by atoms with E-state index < -0.39 is 0 Å². The fraction of sp³-hybridized carbons (Fsp3) is 0. The summed E-state index contributed by atoms with van der Waals surface area (Å²) < 4.78 is 2.17. The molecule has 0 aliphatic carbocycles. The van der Waals surface area contributed by atoms with Crippen molar-refractivity contribution < 1.29 is 0 Å². The zero-order chi connectivity index (χ0) is 29.2. The predicted molar refractivity (Wildman–Crippen MR) is 179 cm³/mol. The van der Waals surface area contributed by atoms with Gasteiger partial charge in [-0.15, -0.1) is 11.3 Å². The van der Waals surface area contributed by atoms with E-state index in [2.05, 4.69) is 50.5 Å². The standard InChI is InChI=1S/C35H23Cl2N5S/c36-26-16-11-23(12-17-26)13-20-28-21-30(24-14-18-27(37)19-15-24)32-33(38-28)40-41-34(32)39-35-42(29-9-5-2-6-10-29)31(22-43-35)25-7-3-1-4-8-25/h1-22H,(H,38,40,41)/b20-13+,39-35?. The van der Waals surface area contributed by atoms with Crippen LogP contribution in [0.1, 0.15) is 11.3 Å². The average molecular weight is 617 g/mol. The van der Waals surface area contributed by atoms with Gasteiger partial charge in [-0.1, -0.05) is 102 Å². The van der Waals surface area contributed by atoms with Gasteiger partial charge in [-0.2, -0.15) is 10.1 Å². The Bertz CT molecular complexity index is 2130. The van der Waals surface area contributed by atoms with Gasteiger partial charge < -0.3 is 0 Å².